The van der Waals surface area contributed by atoms with E-state index < -0.39 is 0 Å². The molecule has 0 radical (unpaired) electrons. The lowest BCUT2D eigenvalue weighted by Gasteiger charge is -2.29. The topological polar surface area (TPSA) is 12.0 Å². The summed E-state index contributed by atoms with van der Waals surface area (Å²) in [5, 5.41) is 3.59. The van der Waals surface area contributed by atoms with E-state index in [9.17, 15) is 4.39 Å². The summed E-state index contributed by atoms with van der Waals surface area (Å²) in [6.45, 7) is 5.51. The zero-order chi connectivity index (χ0) is 12.0. The Bertz CT molecular complexity index is 488. The second-order valence-corrected chi connectivity index (χ2v) is 5.41. The number of rotatable bonds is 1. The summed E-state index contributed by atoms with van der Waals surface area (Å²) in [5.74, 6) is 0.483. The molecule has 1 aliphatic heterocycles. The Kier molecular flexibility index (Phi) is 2.55. The molecule has 0 saturated carbocycles. The maximum atomic E-state index is 13.3. The number of halogens is 1. The molecule has 1 aliphatic carbocycles. The molecule has 0 bridgehead atoms. The largest absolute Gasteiger partial charge is 0.310 e. The Morgan fingerprint density at radius 3 is 2.94 bits per heavy atom. The second-order valence-electron chi connectivity index (χ2n) is 5.41. The minimum atomic E-state index is -0.114. The van der Waals surface area contributed by atoms with Crippen LogP contribution in [0.2, 0.25) is 0 Å². The van der Waals surface area contributed by atoms with E-state index in [1.54, 1.807) is 12.1 Å². The first kappa shape index (κ1) is 11.0. The Labute approximate surface area is 102 Å². The quantitative estimate of drug-likeness (QED) is 0.783. The summed E-state index contributed by atoms with van der Waals surface area (Å²) >= 11 is 0. The van der Waals surface area contributed by atoms with Crippen molar-refractivity contribution in [3.8, 4) is 0 Å². The summed E-state index contributed by atoms with van der Waals surface area (Å²) in [4.78, 5) is 0. The standard InChI is InChI=1S/C15H18FN/c1-9(2)15-14-7-10-3-4-11(16)8-13(10)12(14)5-6-17-15/h3-4,8-9,15,17H,5-7H2,1-2H3. The van der Waals surface area contributed by atoms with Crippen molar-refractivity contribution in [1.29, 1.82) is 0 Å². The molecular formula is C15H18FN. The van der Waals surface area contributed by atoms with Gasteiger partial charge in [0.15, 0.2) is 0 Å². The van der Waals surface area contributed by atoms with Crippen LogP contribution in [0.5, 0.6) is 0 Å². The maximum absolute atomic E-state index is 13.3. The van der Waals surface area contributed by atoms with Gasteiger partial charge in [0.1, 0.15) is 5.82 Å². The third kappa shape index (κ3) is 1.71. The van der Waals surface area contributed by atoms with Crippen molar-refractivity contribution in [2.75, 3.05) is 6.54 Å². The van der Waals surface area contributed by atoms with Crippen LogP contribution in [-0.4, -0.2) is 12.6 Å². The first-order valence-corrected chi connectivity index (χ1v) is 6.41. The fraction of sp³-hybridized carbons (Fsp3) is 0.467. The Morgan fingerprint density at radius 1 is 1.35 bits per heavy atom. The van der Waals surface area contributed by atoms with Gasteiger partial charge < -0.3 is 5.32 Å². The summed E-state index contributed by atoms with van der Waals surface area (Å²) in [7, 11) is 0. The minimum absolute atomic E-state index is 0.114. The van der Waals surface area contributed by atoms with E-state index in [4.69, 9.17) is 0 Å². The highest BCUT2D eigenvalue weighted by molar-refractivity contribution is 5.78. The van der Waals surface area contributed by atoms with Crippen LogP contribution in [0.15, 0.2) is 23.8 Å². The van der Waals surface area contributed by atoms with E-state index in [-0.39, 0.29) is 5.82 Å². The van der Waals surface area contributed by atoms with Crippen molar-refractivity contribution in [2.24, 2.45) is 5.92 Å². The van der Waals surface area contributed by atoms with Crippen LogP contribution in [0.25, 0.3) is 5.57 Å². The molecule has 1 N–H and O–H groups in total. The summed E-state index contributed by atoms with van der Waals surface area (Å²) in [6, 6.07) is 5.70. The zero-order valence-electron chi connectivity index (χ0n) is 10.4. The van der Waals surface area contributed by atoms with Gasteiger partial charge in [0.05, 0.1) is 0 Å². The maximum Gasteiger partial charge on any atom is 0.123 e. The molecule has 0 saturated heterocycles. The predicted molar refractivity (Wildman–Crippen MR) is 68.3 cm³/mol. The van der Waals surface area contributed by atoms with Crippen LogP contribution in [0.4, 0.5) is 4.39 Å². The monoisotopic (exact) mass is 231 g/mol. The van der Waals surface area contributed by atoms with Gasteiger partial charge >= 0.3 is 0 Å². The van der Waals surface area contributed by atoms with E-state index in [1.165, 1.54) is 16.7 Å². The number of nitrogens with one attached hydrogen (secondary N) is 1. The highest BCUT2D eigenvalue weighted by Crippen LogP contribution is 2.40. The molecule has 0 spiro atoms. The molecule has 0 aromatic heterocycles. The molecule has 1 unspecified atom stereocenters. The number of hydrogen-bond donors (Lipinski definition) is 1. The lowest BCUT2D eigenvalue weighted by molar-refractivity contribution is 0.435. The van der Waals surface area contributed by atoms with Gasteiger partial charge in [-0.15, -0.1) is 0 Å². The van der Waals surface area contributed by atoms with Crippen molar-refractivity contribution in [1.82, 2.24) is 5.32 Å². The second kappa shape index (κ2) is 3.95. The van der Waals surface area contributed by atoms with Crippen LogP contribution < -0.4 is 5.32 Å². The van der Waals surface area contributed by atoms with Crippen molar-refractivity contribution in [2.45, 2.75) is 32.7 Å². The lowest BCUT2D eigenvalue weighted by atomic mass is 9.88. The normalized spacial score (nSPS) is 22.9. The van der Waals surface area contributed by atoms with Crippen LogP contribution in [0.1, 0.15) is 31.4 Å². The summed E-state index contributed by atoms with van der Waals surface area (Å²) < 4.78 is 13.3. The average molecular weight is 231 g/mol. The first-order chi connectivity index (χ1) is 8.16. The van der Waals surface area contributed by atoms with Crippen LogP contribution >= 0.6 is 0 Å². The van der Waals surface area contributed by atoms with Crippen molar-refractivity contribution >= 4 is 5.57 Å². The summed E-state index contributed by atoms with van der Waals surface area (Å²) in [5.41, 5.74) is 5.35. The highest BCUT2D eigenvalue weighted by Gasteiger charge is 2.31. The SMILES string of the molecule is CC(C)C1NCCC2=C1Cc1ccc(F)cc12. The van der Waals surface area contributed by atoms with Gasteiger partial charge in [-0.1, -0.05) is 19.9 Å². The molecule has 2 heteroatoms. The lowest BCUT2D eigenvalue weighted by Crippen LogP contribution is -2.39. The van der Waals surface area contributed by atoms with E-state index in [1.807, 2.05) is 6.07 Å². The molecule has 1 aromatic carbocycles. The van der Waals surface area contributed by atoms with Gasteiger partial charge in [-0.25, -0.2) is 4.39 Å². The summed E-state index contributed by atoms with van der Waals surface area (Å²) in [6.07, 6.45) is 2.04. The van der Waals surface area contributed by atoms with Gasteiger partial charge in [0.2, 0.25) is 0 Å². The molecule has 1 aromatic rings. The van der Waals surface area contributed by atoms with E-state index >= 15 is 0 Å². The molecule has 2 aliphatic rings. The smallest absolute Gasteiger partial charge is 0.123 e. The highest BCUT2D eigenvalue weighted by atomic mass is 19.1. The molecular weight excluding hydrogens is 213 g/mol. The van der Waals surface area contributed by atoms with Crippen LogP contribution in [0, 0.1) is 11.7 Å². The Morgan fingerprint density at radius 2 is 2.18 bits per heavy atom. The first-order valence-electron chi connectivity index (χ1n) is 6.41. The van der Waals surface area contributed by atoms with Gasteiger partial charge in [0, 0.05) is 6.04 Å². The number of fused-ring (bicyclic) bond motifs is 2. The Hall–Kier alpha value is -1.15. The van der Waals surface area contributed by atoms with E-state index in [0.717, 1.165) is 24.9 Å². The van der Waals surface area contributed by atoms with Gasteiger partial charge in [-0.3, -0.25) is 0 Å². The fourth-order valence-corrected chi connectivity index (χ4v) is 3.18. The molecule has 0 amide bonds. The molecule has 90 valence electrons. The average Bonchev–Trinajstić information content (AvgIpc) is 2.66. The van der Waals surface area contributed by atoms with Gasteiger partial charge in [0.25, 0.3) is 0 Å². The molecule has 0 fully saturated rings. The molecule has 3 rings (SSSR count). The third-order valence-electron chi connectivity index (χ3n) is 3.95. The minimum Gasteiger partial charge on any atom is -0.310 e. The molecule has 17 heavy (non-hydrogen) atoms. The van der Waals surface area contributed by atoms with E-state index in [2.05, 4.69) is 19.2 Å². The molecule has 1 nitrogen and oxygen atoms in total. The fourth-order valence-electron chi connectivity index (χ4n) is 3.18. The van der Waals surface area contributed by atoms with Crippen molar-refractivity contribution in [3.63, 3.8) is 0 Å². The third-order valence-corrected chi connectivity index (χ3v) is 3.95. The van der Waals surface area contributed by atoms with Crippen LogP contribution in [-0.2, 0) is 6.42 Å². The Balaban J connectivity index is 2.06. The number of hydrogen-bond acceptors (Lipinski definition) is 1. The zero-order valence-corrected chi connectivity index (χ0v) is 10.4. The van der Waals surface area contributed by atoms with Crippen molar-refractivity contribution < 1.29 is 4.39 Å². The van der Waals surface area contributed by atoms with Crippen molar-refractivity contribution in [3.05, 3.63) is 40.7 Å². The molecule has 1 heterocycles. The molecule has 1 atom stereocenters. The van der Waals surface area contributed by atoms with Gasteiger partial charge in [-0.05, 0) is 59.7 Å². The van der Waals surface area contributed by atoms with E-state index in [0.29, 0.717) is 12.0 Å². The number of benzene rings is 1. The predicted octanol–water partition coefficient (Wildman–Crippen LogP) is 3.15. The van der Waals surface area contributed by atoms with Gasteiger partial charge in [-0.2, -0.15) is 0 Å². The van der Waals surface area contributed by atoms with Crippen LogP contribution in [0.3, 0.4) is 0 Å².